The van der Waals surface area contributed by atoms with Crippen LogP contribution in [0.1, 0.15) is 44.1 Å². The Morgan fingerprint density at radius 1 is 1.21 bits per heavy atom. The standard InChI is InChI=1S/C15H21ClFNO/c16-13-9-12(5-6-14(13)17)10-19-11-15(18)7-3-1-2-4-8-15/h5-6,9H,1-4,7-8,10-11,18H2. The molecule has 19 heavy (non-hydrogen) atoms. The maximum atomic E-state index is 13.0. The van der Waals surface area contributed by atoms with Gasteiger partial charge < -0.3 is 10.5 Å². The monoisotopic (exact) mass is 285 g/mol. The first-order valence-corrected chi connectivity index (χ1v) is 7.27. The van der Waals surface area contributed by atoms with Gasteiger partial charge in [-0.3, -0.25) is 0 Å². The number of hydrogen-bond donors (Lipinski definition) is 1. The van der Waals surface area contributed by atoms with Crippen LogP contribution >= 0.6 is 11.6 Å². The predicted octanol–water partition coefficient (Wildman–Crippen LogP) is 4.05. The molecule has 0 atom stereocenters. The largest absolute Gasteiger partial charge is 0.375 e. The van der Waals surface area contributed by atoms with E-state index in [1.807, 2.05) is 0 Å². The van der Waals surface area contributed by atoms with Crippen molar-refractivity contribution < 1.29 is 9.13 Å². The molecule has 1 fully saturated rings. The minimum absolute atomic E-state index is 0.137. The number of hydrogen-bond acceptors (Lipinski definition) is 2. The highest BCUT2D eigenvalue weighted by Gasteiger charge is 2.26. The molecule has 0 amide bonds. The summed E-state index contributed by atoms with van der Waals surface area (Å²) in [5.74, 6) is -0.399. The van der Waals surface area contributed by atoms with Gasteiger partial charge in [0.2, 0.25) is 0 Å². The summed E-state index contributed by atoms with van der Waals surface area (Å²) >= 11 is 5.74. The van der Waals surface area contributed by atoms with E-state index in [-0.39, 0.29) is 10.6 Å². The van der Waals surface area contributed by atoms with Crippen LogP contribution < -0.4 is 5.73 Å². The van der Waals surface area contributed by atoms with Gasteiger partial charge in [-0.05, 0) is 30.5 Å². The number of halogens is 2. The van der Waals surface area contributed by atoms with Gasteiger partial charge in [0.1, 0.15) is 5.82 Å². The first kappa shape index (κ1) is 14.8. The van der Waals surface area contributed by atoms with Gasteiger partial charge in [0, 0.05) is 5.54 Å². The number of benzene rings is 1. The van der Waals surface area contributed by atoms with Gasteiger partial charge in [0.25, 0.3) is 0 Å². The summed E-state index contributed by atoms with van der Waals surface area (Å²) in [5.41, 5.74) is 7.05. The van der Waals surface area contributed by atoms with Gasteiger partial charge in [-0.2, -0.15) is 0 Å². The molecule has 0 unspecified atom stereocenters. The zero-order valence-electron chi connectivity index (χ0n) is 11.1. The molecule has 1 aromatic rings. The lowest BCUT2D eigenvalue weighted by atomic mass is 9.93. The van der Waals surface area contributed by atoms with E-state index in [2.05, 4.69) is 0 Å². The van der Waals surface area contributed by atoms with Crippen LogP contribution in [0.25, 0.3) is 0 Å². The summed E-state index contributed by atoms with van der Waals surface area (Å²) in [6, 6.07) is 4.66. The molecule has 2 nitrogen and oxygen atoms in total. The van der Waals surface area contributed by atoms with Crippen molar-refractivity contribution in [1.29, 1.82) is 0 Å². The van der Waals surface area contributed by atoms with Gasteiger partial charge in [-0.15, -0.1) is 0 Å². The molecule has 2 rings (SSSR count). The molecule has 1 saturated carbocycles. The zero-order chi connectivity index (χ0) is 13.7. The number of ether oxygens (including phenoxy) is 1. The van der Waals surface area contributed by atoms with Crippen molar-refractivity contribution in [2.24, 2.45) is 5.73 Å². The first-order valence-electron chi connectivity index (χ1n) is 6.90. The summed E-state index contributed by atoms with van der Waals surface area (Å²) < 4.78 is 18.7. The second kappa shape index (κ2) is 6.69. The fraction of sp³-hybridized carbons (Fsp3) is 0.600. The van der Waals surface area contributed by atoms with Crippen LogP contribution in [0, 0.1) is 5.82 Å². The SMILES string of the molecule is NC1(COCc2ccc(F)c(Cl)c2)CCCCCC1. The number of nitrogens with two attached hydrogens (primary N) is 1. The van der Waals surface area contributed by atoms with Crippen molar-refractivity contribution in [3.05, 3.63) is 34.6 Å². The Morgan fingerprint density at radius 3 is 2.53 bits per heavy atom. The highest BCUT2D eigenvalue weighted by molar-refractivity contribution is 6.30. The Kier molecular flexibility index (Phi) is 5.20. The van der Waals surface area contributed by atoms with Crippen molar-refractivity contribution in [3.63, 3.8) is 0 Å². The lowest BCUT2D eigenvalue weighted by molar-refractivity contribution is 0.0667. The Labute approximate surface area is 119 Å². The molecule has 0 aromatic heterocycles. The van der Waals surface area contributed by atoms with Crippen molar-refractivity contribution in [1.82, 2.24) is 0 Å². The van der Waals surface area contributed by atoms with E-state index in [0.717, 1.165) is 18.4 Å². The fourth-order valence-electron chi connectivity index (χ4n) is 2.58. The summed E-state index contributed by atoms with van der Waals surface area (Å²) in [4.78, 5) is 0. The summed E-state index contributed by atoms with van der Waals surface area (Å²) in [7, 11) is 0. The van der Waals surface area contributed by atoms with Gasteiger partial charge >= 0.3 is 0 Å². The van der Waals surface area contributed by atoms with Gasteiger partial charge in [-0.25, -0.2) is 4.39 Å². The first-order chi connectivity index (χ1) is 9.09. The van der Waals surface area contributed by atoms with E-state index in [9.17, 15) is 4.39 Å². The zero-order valence-corrected chi connectivity index (χ0v) is 11.9. The smallest absolute Gasteiger partial charge is 0.141 e. The Balaban J connectivity index is 1.83. The van der Waals surface area contributed by atoms with E-state index in [1.54, 1.807) is 12.1 Å². The lowest BCUT2D eigenvalue weighted by Crippen LogP contribution is -2.43. The molecule has 2 N–H and O–H groups in total. The maximum Gasteiger partial charge on any atom is 0.141 e. The molecule has 106 valence electrons. The summed E-state index contributed by atoms with van der Waals surface area (Å²) in [6.45, 7) is 0.987. The molecule has 1 aromatic carbocycles. The Morgan fingerprint density at radius 2 is 1.89 bits per heavy atom. The molecule has 0 bridgehead atoms. The van der Waals surface area contributed by atoms with Crippen LogP contribution in [0.15, 0.2) is 18.2 Å². The Bertz CT molecular complexity index is 417. The van der Waals surface area contributed by atoms with Gasteiger partial charge in [0.15, 0.2) is 0 Å². The van der Waals surface area contributed by atoms with Crippen molar-refractivity contribution in [3.8, 4) is 0 Å². The topological polar surface area (TPSA) is 35.2 Å². The molecule has 1 aliphatic carbocycles. The summed E-state index contributed by atoms with van der Waals surface area (Å²) in [6.07, 6.45) is 6.96. The highest BCUT2D eigenvalue weighted by atomic mass is 35.5. The normalized spacial score (nSPS) is 19.1. The molecular formula is C15H21ClFNO. The third-order valence-electron chi connectivity index (χ3n) is 3.74. The van der Waals surface area contributed by atoms with Crippen molar-refractivity contribution >= 4 is 11.6 Å². The van der Waals surface area contributed by atoms with E-state index in [1.165, 1.54) is 31.7 Å². The van der Waals surface area contributed by atoms with Gasteiger partial charge in [0.05, 0.1) is 18.2 Å². The van der Waals surface area contributed by atoms with E-state index < -0.39 is 5.82 Å². The minimum atomic E-state index is -0.399. The summed E-state index contributed by atoms with van der Waals surface area (Å²) in [5, 5.41) is 0.137. The molecule has 0 radical (unpaired) electrons. The second-order valence-corrected chi connectivity index (χ2v) is 5.93. The fourth-order valence-corrected chi connectivity index (χ4v) is 2.78. The molecule has 0 aliphatic heterocycles. The van der Waals surface area contributed by atoms with Crippen LogP contribution in [0.3, 0.4) is 0 Å². The van der Waals surface area contributed by atoms with E-state index in [0.29, 0.717) is 13.2 Å². The van der Waals surface area contributed by atoms with E-state index >= 15 is 0 Å². The quantitative estimate of drug-likeness (QED) is 0.847. The molecule has 1 aliphatic rings. The molecule has 0 saturated heterocycles. The third kappa shape index (κ3) is 4.44. The molecule has 4 heteroatoms. The molecular weight excluding hydrogens is 265 g/mol. The van der Waals surface area contributed by atoms with Crippen LogP contribution in [0.2, 0.25) is 5.02 Å². The van der Waals surface area contributed by atoms with Gasteiger partial charge in [-0.1, -0.05) is 43.4 Å². The Hall–Kier alpha value is -0.640. The predicted molar refractivity (Wildman–Crippen MR) is 75.7 cm³/mol. The van der Waals surface area contributed by atoms with Crippen LogP contribution in [-0.2, 0) is 11.3 Å². The van der Waals surface area contributed by atoms with E-state index in [4.69, 9.17) is 22.1 Å². The average Bonchev–Trinajstić information content (AvgIpc) is 2.59. The molecule has 0 spiro atoms. The van der Waals surface area contributed by atoms with Crippen LogP contribution in [0.4, 0.5) is 4.39 Å². The van der Waals surface area contributed by atoms with Crippen molar-refractivity contribution in [2.75, 3.05) is 6.61 Å². The average molecular weight is 286 g/mol. The molecule has 0 heterocycles. The van der Waals surface area contributed by atoms with Crippen LogP contribution in [-0.4, -0.2) is 12.1 Å². The number of rotatable bonds is 4. The third-order valence-corrected chi connectivity index (χ3v) is 4.03. The van der Waals surface area contributed by atoms with Crippen LogP contribution in [0.5, 0.6) is 0 Å². The lowest BCUT2D eigenvalue weighted by Gasteiger charge is -2.27. The van der Waals surface area contributed by atoms with Crippen molar-refractivity contribution in [2.45, 2.75) is 50.7 Å². The highest BCUT2D eigenvalue weighted by Crippen LogP contribution is 2.25. The maximum absolute atomic E-state index is 13.0. The second-order valence-electron chi connectivity index (χ2n) is 5.52. The minimum Gasteiger partial charge on any atom is -0.375 e.